The van der Waals surface area contributed by atoms with Crippen LogP contribution in [0.3, 0.4) is 0 Å². The third kappa shape index (κ3) is 3.29. The van der Waals surface area contributed by atoms with E-state index in [0.717, 1.165) is 31.5 Å². The fourth-order valence-electron chi connectivity index (χ4n) is 2.54. The highest BCUT2D eigenvalue weighted by atomic mass is 32.2. The summed E-state index contributed by atoms with van der Waals surface area (Å²) in [4.78, 5) is 4.19. The first-order chi connectivity index (χ1) is 10.8. The summed E-state index contributed by atoms with van der Waals surface area (Å²) in [6.45, 7) is 6.42. The number of aryl methyl sites for hydroxylation is 1. The zero-order valence-corrected chi connectivity index (χ0v) is 14.4. The van der Waals surface area contributed by atoms with Crippen molar-refractivity contribution >= 4 is 9.84 Å². The van der Waals surface area contributed by atoms with Crippen molar-refractivity contribution in [2.45, 2.75) is 69.3 Å². The highest BCUT2D eigenvalue weighted by Gasteiger charge is 2.29. The van der Waals surface area contributed by atoms with Gasteiger partial charge in [0, 0.05) is 18.4 Å². The van der Waals surface area contributed by atoms with Crippen LogP contribution in [0.15, 0.2) is 9.68 Å². The molecule has 0 atom stereocenters. The van der Waals surface area contributed by atoms with Gasteiger partial charge in [0.1, 0.15) is 11.6 Å². The highest BCUT2D eigenvalue weighted by Crippen LogP contribution is 2.22. The number of hydrogen-bond acceptors (Lipinski definition) is 7. The van der Waals surface area contributed by atoms with Crippen molar-refractivity contribution in [3.05, 3.63) is 17.5 Å². The normalized spacial score (nSPS) is 16.1. The second kappa shape index (κ2) is 5.70. The summed E-state index contributed by atoms with van der Waals surface area (Å²) in [6.07, 6.45) is 3.78. The maximum absolute atomic E-state index is 12.7. The summed E-state index contributed by atoms with van der Waals surface area (Å²) in [5.74, 6) is 0.985. The van der Waals surface area contributed by atoms with Gasteiger partial charge in [0.25, 0.3) is 0 Å². The van der Waals surface area contributed by atoms with Crippen LogP contribution in [-0.4, -0.2) is 33.3 Å². The van der Waals surface area contributed by atoms with E-state index in [4.69, 9.17) is 4.52 Å². The van der Waals surface area contributed by atoms with Crippen LogP contribution in [-0.2, 0) is 34.0 Å². The molecule has 3 rings (SSSR count). The van der Waals surface area contributed by atoms with E-state index in [0.29, 0.717) is 12.4 Å². The van der Waals surface area contributed by atoms with E-state index in [9.17, 15) is 8.42 Å². The first-order valence-corrected chi connectivity index (χ1v) is 9.40. The molecule has 1 aliphatic rings. The minimum absolute atomic E-state index is 0.0107. The number of aromatic nitrogens is 5. The van der Waals surface area contributed by atoms with Gasteiger partial charge in [0.2, 0.25) is 20.9 Å². The summed E-state index contributed by atoms with van der Waals surface area (Å²) >= 11 is 0. The average Bonchev–Trinajstić information content (AvgIpc) is 3.00. The lowest BCUT2D eigenvalue weighted by atomic mass is 9.97. The lowest BCUT2D eigenvalue weighted by Crippen LogP contribution is -2.15. The second-order valence-electron chi connectivity index (χ2n) is 6.89. The minimum Gasteiger partial charge on any atom is -0.339 e. The van der Waals surface area contributed by atoms with Crippen molar-refractivity contribution < 1.29 is 12.9 Å². The van der Waals surface area contributed by atoms with E-state index in [1.54, 1.807) is 4.57 Å². The molecule has 23 heavy (non-hydrogen) atoms. The number of hydrogen-bond donors (Lipinski definition) is 0. The lowest BCUT2D eigenvalue weighted by Gasteiger charge is -2.10. The summed E-state index contributed by atoms with van der Waals surface area (Å²) in [5, 5.41) is 11.7. The quantitative estimate of drug-likeness (QED) is 0.837. The summed E-state index contributed by atoms with van der Waals surface area (Å²) in [6, 6.07) is 0. The predicted octanol–water partition coefficient (Wildman–Crippen LogP) is 1.66. The molecule has 0 saturated heterocycles. The molecule has 0 saturated carbocycles. The largest absolute Gasteiger partial charge is 0.339 e. The third-order valence-electron chi connectivity index (χ3n) is 3.78. The van der Waals surface area contributed by atoms with Crippen molar-refractivity contribution in [1.29, 1.82) is 0 Å². The molecular weight excluding hydrogens is 318 g/mol. The molecule has 0 aromatic carbocycles. The molecule has 0 spiro atoms. The molecular formula is C14H21N5O3S. The molecule has 0 radical (unpaired) electrons. The SMILES string of the molecule is CC(C)(C)c1nc(CS(=O)(=O)c2nnc3n2CCCCC3)no1. The van der Waals surface area contributed by atoms with Crippen LogP contribution >= 0.6 is 0 Å². The first-order valence-electron chi connectivity index (χ1n) is 7.75. The maximum Gasteiger partial charge on any atom is 0.250 e. The minimum atomic E-state index is -3.66. The lowest BCUT2D eigenvalue weighted by molar-refractivity contribution is 0.319. The van der Waals surface area contributed by atoms with Crippen LogP contribution in [0.4, 0.5) is 0 Å². The van der Waals surface area contributed by atoms with Gasteiger partial charge in [-0.05, 0) is 12.8 Å². The summed E-state index contributed by atoms with van der Waals surface area (Å²) < 4.78 is 32.2. The number of nitrogens with zero attached hydrogens (tertiary/aromatic N) is 5. The molecule has 2 aromatic heterocycles. The standard InChI is InChI=1S/C14H21N5O3S/c1-14(2,3)12-15-10(18-22-12)9-23(20,21)13-17-16-11-7-5-4-6-8-19(11)13/h4-9H2,1-3H3. The molecule has 9 heteroatoms. The molecule has 0 aliphatic carbocycles. The molecule has 0 fully saturated rings. The highest BCUT2D eigenvalue weighted by molar-refractivity contribution is 7.90. The smallest absolute Gasteiger partial charge is 0.250 e. The van der Waals surface area contributed by atoms with Crippen LogP contribution in [0.25, 0.3) is 0 Å². The number of fused-ring (bicyclic) bond motifs is 1. The Kier molecular flexibility index (Phi) is 3.99. The Morgan fingerprint density at radius 2 is 1.96 bits per heavy atom. The van der Waals surface area contributed by atoms with E-state index in [1.165, 1.54) is 0 Å². The van der Waals surface area contributed by atoms with Gasteiger partial charge >= 0.3 is 0 Å². The van der Waals surface area contributed by atoms with Gasteiger partial charge in [-0.3, -0.25) is 0 Å². The van der Waals surface area contributed by atoms with Gasteiger partial charge in [-0.25, -0.2) is 8.42 Å². The van der Waals surface area contributed by atoms with Crippen molar-refractivity contribution in [2.75, 3.05) is 0 Å². The van der Waals surface area contributed by atoms with Gasteiger partial charge < -0.3 is 9.09 Å². The van der Waals surface area contributed by atoms with E-state index in [1.807, 2.05) is 20.8 Å². The summed E-state index contributed by atoms with van der Waals surface area (Å²) in [7, 11) is -3.66. The first kappa shape index (κ1) is 16.1. The van der Waals surface area contributed by atoms with E-state index >= 15 is 0 Å². The Hall–Kier alpha value is -1.77. The van der Waals surface area contributed by atoms with Gasteiger partial charge in [-0.15, -0.1) is 10.2 Å². The Balaban J connectivity index is 1.88. The maximum atomic E-state index is 12.7. The molecule has 1 aliphatic heterocycles. The Morgan fingerprint density at radius 3 is 2.65 bits per heavy atom. The molecule has 0 N–H and O–H groups in total. The summed E-state index contributed by atoms with van der Waals surface area (Å²) in [5.41, 5.74) is -0.318. The van der Waals surface area contributed by atoms with Crippen LogP contribution in [0.5, 0.6) is 0 Å². The topological polar surface area (TPSA) is 104 Å². The van der Waals surface area contributed by atoms with Gasteiger partial charge in [-0.2, -0.15) is 4.98 Å². The molecule has 3 heterocycles. The molecule has 2 aromatic rings. The number of rotatable bonds is 3. The zero-order chi connectivity index (χ0) is 16.7. The van der Waals surface area contributed by atoms with E-state index in [-0.39, 0.29) is 22.1 Å². The van der Waals surface area contributed by atoms with Crippen LogP contribution in [0, 0.1) is 0 Å². The Labute approximate surface area is 135 Å². The van der Waals surface area contributed by atoms with E-state index in [2.05, 4.69) is 20.3 Å². The predicted molar refractivity (Wildman–Crippen MR) is 81.5 cm³/mol. The van der Waals surface area contributed by atoms with Crippen molar-refractivity contribution in [1.82, 2.24) is 24.9 Å². The van der Waals surface area contributed by atoms with E-state index < -0.39 is 9.84 Å². The molecule has 0 bridgehead atoms. The second-order valence-corrected chi connectivity index (χ2v) is 8.77. The molecule has 0 amide bonds. The van der Waals surface area contributed by atoms with Crippen molar-refractivity contribution in [2.24, 2.45) is 0 Å². The van der Waals surface area contributed by atoms with Crippen LogP contribution in [0.2, 0.25) is 0 Å². The van der Waals surface area contributed by atoms with Crippen molar-refractivity contribution in [3.8, 4) is 0 Å². The Morgan fingerprint density at radius 1 is 1.17 bits per heavy atom. The Bertz CT molecular complexity index is 801. The molecule has 126 valence electrons. The van der Waals surface area contributed by atoms with Gasteiger partial charge in [0.05, 0.1) is 0 Å². The van der Waals surface area contributed by atoms with Crippen LogP contribution in [0.1, 0.15) is 57.6 Å². The zero-order valence-electron chi connectivity index (χ0n) is 13.6. The molecule has 0 unspecified atom stereocenters. The average molecular weight is 339 g/mol. The monoisotopic (exact) mass is 339 g/mol. The van der Waals surface area contributed by atoms with Gasteiger partial charge in [-0.1, -0.05) is 32.3 Å². The molecule has 8 nitrogen and oxygen atoms in total. The number of sulfone groups is 1. The fourth-order valence-corrected chi connectivity index (χ4v) is 3.82. The van der Waals surface area contributed by atoms with Crippen molar-refractivity contribution in [3.63, 3.8) is 0 Å². The van der Waals surface area contributed by atoms with Gasteiger partial charge in [0.15, 0.2) is 5.82 Å². The van der Waals surface area contributed by atoms with Crippen LogP contribution < -0.4 is 0 Å². The fraction of sp³-hybridized carbons (Fsp3) is 0.714. The third-order valence-corrected chi connectivity index (χ3v) is 5.28.